The molecule has 1 atom stereocenters. The number of hydrogen-bond acceptors (Lipinski definition) is 2. The van der Waals surface area contributed by atoms with Crippen LogP contribution in [0.1, 0.15) is 28.8 Å². The topological polar surface area (TPSA) is 38.3 Å². The van der Waals surface area contributed by atoms with Gasteiger partial charge in [-0.25, -0.2) is 0 Å². The summed E-state index contributed by atoms with van der Waals surface area (Å²) in [5, 5.41) is 2.75. The van der Waals surface area contributed by atoms with Crippen LogP contribution in [0.25, 0.3) is 0 Å². The maximum Gasteiger partial charge on any atom is 0.387 e. The molecule has 0 aliphatic carbocycles. The van der Waals surface area contributed by atoms with Gasteiger partial charge in [-0.05, 0) is 23.6 Å². The van der Waals surface area contributed by atoms with Crippen molar-refractivity contribution in [2.45, 2.75) is 19.5 Å². The van der Waals surface area contributed by atoms with Crippen molar-refractivity contribution in [3.05, 3.63) is 65.7 Å². The molecule has 0 radical (unpaired) electrons. The standard InChI is InChI=1S/C17H17F2NO2/c1-12(13-7-3-2-4-8-13)11-20-16(21)14-9-5-6-10-15(14)22-17(18)19/h2-10,12,17H,11H2,1H3,(H,20,21). The first-order valence-electron chi connectivity index (χ1n) is 6.95. The zero-order valence-corrected chi connectivity index (χ0v) is 12.1. The van der Waals surface area contributed by atoms with Crippen LogP contribution in [0.2, 0.25) is 0 Å². The smallest absolute Gasteiger partial charge is 0.387 e. The van der Waals surface area contributed by atoms with Crippen molar-refractivity contribution in [2.24, 2.45) is 0 Å². The Morgan fingerprint density at radius 1 is 1.09 bits per heavy atom. The van der Waals surface area contributed by atoms with Crippen LogP contribution in [0.5, 0.6) is 5.75 Å². The summed E-state index contributed by atoms with van der Waals surface area (Å²) in [5.41, 5.74) is 1.20. The average molecular weight is 305 g/mol. The molecule has 5 heteroatoms. The second-order valence-electron chi connectivity index (χ2n) is 4.90. The third kappa shape index (κ3) is 4.28. The van der Waals surface area contributed by atoms with Crippen molar-refractivity contribution >= 4 is 5.91 Å². The lowest BCUT2D eigenvalue weighted by atomic mass is 10.0. The van der Waals surface area contributed by atoms with Crippen LogP contribution >= 0.6 is 0 Å². The molecule has 0 saturated heterocycles. The molecule has 0 aliphatic rings. The Morgan fingerprint density at radius 3 is 2.41 bits per heavy atom. The molecule has 0 bridgehead atoms. The van der Waals surface area contributed by atoms with E-state index < -0.39 is 12.5 Å². The van der Waals surface area contributed by atoms with Crippen molar-refractivity contribution in [2.75, 3.05) is 6.54 Å². The van der Waals surface area contributed by atoms with Gasteiger partial charge >= 0.3 is 6.61 Å². The Balaban J connectivity index is 2.01. The molecule has 22 heavy (non-hydrogen) atoms. The van der Waals surface area contributed by atoms with Crippen LogP contribution in [0, 0.1) is 0 Å². The normalized spacial score (nSPS) is 12.0. The highest BCUT2D eigenvalue weighted by Gasteiger charge is 2.16. The van der Waals surface area contributed by atoms with Gasteiger partial charge in [0.1, 0.15) is 5.75 Å². The first-order chi connectivity index (χ1) is 10.6. The predicted octanol–water partition coefficient (Wildman–Crippen LogP) is 3.82. The molecule has 0 aliphatic heterocycles. The summed E-state index contributed by atoms with van der Waals surface area (Å²) in [6.07, 6.45) is 0. The molecule has 2 rings (SSSR count). The van der Waals surface area contributed by atoms with E-state index in [1.54, 1.807) is 12.1 Å². The Bertz CT molecular complexity index is 617. The van der Waals surface area contributed by atoms with Crippen molar-refractivity contribution in [1.82, 2.24) is 5.32 Å². The van der Waals surface area contributed by atoms with E-state index in [1.807, 2.05) is 37.3 Å². The second kappa shape index (κ2) is 7.54. The van der Waals surface area contributed by atoms with E-state index in [-0.39, 0.29) is 17.2 Å². The summed E-state index contributed by atoms with van der Waals surface area (Å²) in [5.74, 6) is -0.435. The lowest BCUT2D eigenvalue weighted by Gasteiger charge is -2.14. The Kier molecular flexibility index (Phi) is 5.47. The van der Waals surface area contributed by atoms with Crippen LogP contribution in [0.4, 0.5) is 8.78 Å². The fourth-order valence-electron chi connectivity index (χ4n) is 2.09. The number of ether oxygens (including phenoxy) is 1. The van der Waals surface area contributed by atoms with E-state index in [1.165, 1.54) is 12.1 Å². The number of amides is 1. The SMILES string of the molecule is CC(CNC(=O)c1ccccc1OC(F)F)c1ccccc1. The minimum Gasteiger partial charge on any atom is -0.434 e. The Hall–Kier alpha value is -2.43. The quantitative estimate of drug-likeness (QED) is 0.881. The molecule has 1 amide bonds. The lowest BCUT2D eigenvalue weighted by Crippen LogP contribution is -2.28. The van der Waals surface area contributed by atoms with Crippen molar-refractivity contribution in [3.63, 3.8) is 0 Å². The summed E-state index contributed by atoms with van der Waals surface area (Å²) in [4.78, 5) is 12.1. The fraction of sp³-hybridized carbons (Fsp3) is 0.235. The third-order valence-corrected chi connectivity index (χ3v) is 3.29. The van der Waals surface area contributed by atoms with Crippen LogP contribution in [-0.4, -0.2) is 19.1 Å². The van der Waals surface area contributed by atoms with E-state index in [4.69, 9.17) is 0 Å². The third-order valence-electron chi connectivity index (χ3n) is 3.29. The van der Waals surface area contributed by atoms with Gasteiger partial charge in [-0.15, -0.1) is 0 Å². The van der Waals surface area contributed by atoms with E-state index in [0.29, 0.717) is 6.54 Å². The maximum atomic E-state index is 12.3. The summed E-state index contributed by atoms with van der Waals surface area (Å²) >= 11 is 0. The summed E-state index contributed by atoms with van der Waals surface area (Å²) in [6.45, 7) is -0.569. The molecule has 1 N–H and O–H groups in total. The Morgan fingerprint density at radius 2 is 1.73 bits per heavy atom. The lowest BCUT2D eigenvalue weighted by molar-refractivity contribution is -0.0501. The molecule has 3 nitrogen and oxygen atoms in total. The first kappa shape index (κ1) is 15.9. The average Bonchev–Trinajstić information content (AvgIpc) is 2.53. The van der Waals surface area contributed by atoms with Gasteiger partial charge < -0.3 is 10.1 Å². The van der Waals surface area contributed by atoms with Gasteiger partial charge in [0.15, 0.2) is 0 Å². The number of rotatable bonds is 6. The minimum atomic E-state index is -2.96. The highest BCUT2D eigenvalue weighted by atomic mass is 19.3. The number of carbonyl (C=O) groups is 1. The van der Waals surface area contributed by atoms with Gasteiger partial charge in [-0.3, -0.25) is 4.79 Å². The van der Waals surface area contributed by atoms with Gasteiger partial charge in [0, 0.05) is 6.54 Å². The van der Waals surface area contributed by atoms with E-state index in [9.17, 15) is 13.6 Å². The molecular weight excluding hydrogens is 288 g/mol. The largest absolute Gasteiger partial charge is 0.434 e. The number of carbonyl (C=O) groups excluding carboxylic acids is 1. The van der Waals surface area contributed by atoms with E-state index in [0.717, 1.165) is 5.56 Å². The number of alkyl halides is 2. The first-order valence-corrected chi connectivity index (χ1v) is 6.95. The van der Waals surface area contributed by atoms with Crippen LogP contribution in [0.15, 0.2) is 54.6 Å². The predicted molar refractivity (Wildman–Crippen MR) is 80.3 cm³/mol. The van der Waals surface area contributed by atoms with E-state index in [2.05, 4.69) is 10.1 Å². The Labute approximate surface area is 127 Å². The van der Waals surface area contributed by atoms with Gasteiger partial charge in [0.25, 0.3) is 5.91 Å². The molecule has 2 aromatic rings. The van der Waals surface area contributed by atoms with Crippen LogP contribution in [0.3, 0.4) is 0 Å². The van der Waals surface area contributed by atoms with Crippen molar-refractivity contribution in [3.8, 4) is 5.75 Å². The molecule has 116 valence electrons. The van der Waals surface area contributed by atoms with Gasteiger partial charge in [-0.1, -0.05) is 49.4 Å². The van der Waals surface area contributed by atoms with Crippen LogP contribution in [-0.2, 0) is 0 Å². The maximum absolute atomic E-state index is 12.3. The molecule has 0 aromatic heterocycles. The fourth-order valence-corrected chi connectivity index (χ4v) is 2.09. The number of para-hydroxylation sites is 1. The van der Waals surface area contributed by atoms with Crippen molar-refractivity contribution in [1.29, 1.82) is 0 Å². The molecule has 0 spiro atoms. The highest BCUT2D eigenvalue weighted by molar-refractivity contribution is 5.96. The zero-order chi connectivity index (χ0) is 15.9. The molecule has 1 unspecified atom stereocenters. The second-order valence-corrected chi connectivity index (χ2v) is 4.90. The van der Waals surface area contributed by atoms with Gasteiger partial charge in [0.2, 0.25) is 0 Å². The number of benzene rings is 2. The summed E-state index contributed by atoms with van der Waals surface area (Å²) in [7, 11) is 0. The van der Waals surface area contributed by atoms with Crippen molar-refractivity contribution < 1.29 is 18.3 Å². The molecular formula is C17H17F2NO2. The number of nitrogens with one attached hydrogen (secondary N) is 1. The number of hydrogen-bond donors (Lipinski definition) is 1. The minimum absolute atomic E-state index is 0.100. The monoisotopic (exact) mass is 305 g/mol. The molecule has 0 heterocycles. The molecule has 0 fully saturated rings. The summed E-state index contributed by atoms with van der Waals surface area (Å²) in [6, 6.07) is 15.7. The van der Waals surface area contributed by atoms with Gasteiger partial charge in [0.05, 0.1) is 5.56 Å². The van der Waals surface area contributed by atoms with Crippen LogP contribution < -0.4 is 10.1 Å². The molecule has 2 aromatic carbocycles. The zero-order valence-electron chi connectivity index (χ0n) is 12.1. The highest BCUT2D eigenvalue weighted by Crippen LogP contribution is 2.20. The summed E-state index contributed by atoms with van der Waals surface area (Å²) < 4.78 is 29.1. The van der Waals surface area contributed by atoms with Gasteiger partial charge in [-0.2, -0.15) is 8.78 Å². The molecule has 0 saturated carbocycles. The van der Waals surface area contributed by atoms with E-state index >= 15 is 0 Å². The number of halogens is 2.